The first-order chi connectivity index (χ1) is 6.08. The summed E-state index contributed by atoms with van der Waals surface area (Å²) >= 11 is 0. The molecule has 0 aromatic carbocycles. The summed E-state index contributed by atoms with van der Waals surface area (Å²) in [6.07, 6.45) is 2.40. The van der Waals surface area contributed by atoms with Gasteiger partial charge < -0.3 is 10.5 Å². The van der Waals surface area contributed by atoms with E-state index in [2.05, 4.69) is 23.9 Å². The molecule has 0 bridgehead atoms. The minimum atomic E-state index is 0.134. The van der Waals surface area contributed by atoms with Crippen LogP contribution in [0.4, 0.5) is 0 Å². The van der Waals surface area contributed by atoms with E-state index in [9.17, 15) is 0 Å². The highest BCUT2D eigenvalue weighted by atomic mass is 16.5. The molecule has 4 heteroatoms. The molecule has 0 aromatic heterocycles. The van der Waals surface area contributed by atoms with Gasteiger partial charge in [0.1, 0.15) is 6.61 Å². The molecule has 1 aliphatic rings. The first kappa shape index (κ1) is 10.3. The Labute approximate surface area is 79.8 Å². The molecule has 1 rings (SSSR count). The Kier molecular flexibility index (Phi) is 3.14. The number of aliphatic imine (C=N–C) groups is 1. The van der Waals surface area contributed by atoms with Crippen LogP contribution in [0.3, 0.4) is 0 Å². The first-order valence-electron chi connectivity index (χ1n) is 4.65. The standard InChI is InChI=1S/C9H19N3O/c1-9(5-4-6-12(9)3)7-13-8(10)11-2/h4-7H2,1-3H3,(H2,10,11)/t9-/m0/s1. The van der Waals surface area contributed by atoms with Crippen molar-refractivity contribution in [3.63, 3.8) is 0 Å². The Morgan fingerprint density at radius 2 is 2.38 bits per heavy atom. The summed E-state index contributed by atoms with van der Waals surface area (Å²) in [6, 6.07) is 0.279. The average molecular weight is 185 g/mol. The molecule has 4 nitrogen and oxygen atoms in total. The predicted molar refractivity (Wildman–Crippen MR) is 53.8 cm³/mol. The summed E-state index contributed by atoms with van der Waals surface area (Å²) in [5.74, 6) is 0. The van der Waals surface area contributed by atoms with Crippen molar-refractivity contribution in [1.29, 1.82) is 0 Å². The van der Waals surface area contributed by atoms with E-state index in [1.54, 1.807) is 7.05 Å². The number of nitrogens with two attached hydrogens (primary N) is 1. The molecule has 0 aromatic rings. The molecule has 0 amide bonds. The van der Waals surface area contributed by atoms with Crippen molar-refractivity contribution in [2.75, 3.05) is 27.2 Å². The zero-order chi connectivity index (χ0) is 9.90. The van der Waals surface area contributed by atoms with Crippen LogP contribution >= 0.6 is 0 Å². The molecular formula is C9H19N3O. The average Bonchev–Trinajstić information content (AvgIpc) is 2.44. The minimum Gasteiger partial charge on any atom is -0.463 e. The first-order valence-corrected chi connectivity index (χ1v) is 4.65. The molecule has 1 heterocycles. The Hall–Kier alpha value is -0.770. The lowest BCUT2D eigenvalue weighted by Gasteiger charge is -2.31. The van der Waals surface area contributed by atoms with Gasteiger partial charge in [0.25, 0.3) is 6.02 Å². The SMILES string of the molecule is CN=C(N)OC[C@]1(C)CCCN1C. The molecule has 0 radical (unpaired) electrons. The molecule has 1 aliphatic heterocycles. The van der Waals surface area contributed by atoms with Crippen molar-refractivity contribution >= 4 is 6.02 Å². The largest absolute Gasteiger partial charge is 0.463 e. The van der Waals surface area contributed by atoms with Crippen LogP contribution in [0.5, 0.6) is 0 Å². The minimum absolute atomic E-state index is 0.134. The molecular weight excluding hydrogens is 166 g/mol. The van der Waals surface area contributed by atoms with E-state index in [0.29, 0.717) is 6.61 Å². The molecule has 13 heavy (non-hydrogen) atoms. The van der Waals surface area contributed by atoms with E-state index in [1.165, 1.54) is 12.8 Å². The number of amidine groups is 1. The molecule has 0 aliphatic carbocycles. The van der Waals surface area contributed by atoms with E-state index >= 15 is 0 Å². The van der Waals surface area contributed by atoms with Gasteiger partial charge in [0.2, 0.25) is 0 Å². The van der Waals surface area contributed by atoms with Crippen LogP contribution in [0.15, 0.2) is 4.99 Å². The summed E-state index contributed by atoms with van der Waals surface area (Å²) < 4.78 is 5.33. The van der Waals surface area contributed by atoms with E-state index in [0.717, 1.165) is 6.54 Å². The Morgan fingerprint density at radius 1 is 1.69 bits per heavy atom. The third-order valence-corrected chi connectivity index (χ3v) is 2.88. The van der Waals surface area contributed by atoms with Crippen molar-refractivity contribution in [2.24, 2.45) is 10.7 Å². The Morgan fingerprint density at radius 3 is 2.85 bits per heavy atom. The van der Waals surface area contributed by atoms with Gasteiger partial charge in [-0.2, -0.15) is 0 Å². The van der Waals surface area contributed by atoms with Crippen LogP contribution in [0.25, 0.3) is 0 Å². The van der Waals surface area contributed by atoms with Crippen LogP contribution in [0, 0.1) is 0 Å². The number of ether oxygens (including phenoxy) is 1. The lowest BCUT2D eigenvalue weighted by atomic mass is 10.0. The third-order valence-electron chi connectivity index (χ3n) is 2.88. The van der Waals surface area contributed by atoms with Crippen molar-refractivity contribution in [3.8, 4) is 0 Å². The number of hydrogen-bond acceptors (Lipinski definition) is 3. The second-order valence-corrected chi connectivity index (χ2v) is 3.87. The maximum absolute atomic E-state index is 5.46. The summed E-state index contributed by atoms with van der Waals surface area (Å²) in [7, 11) is 3.76. The summed E-state index contributed by atoms with van der Waals surface area (Å²) in [5.41, 5.74) is 5.60. The highest BCUT2D eigenvalue weighted by Crippen LogP contribution is 2.27. The highest BCUT2D eigenvalue weighted by molar-refractivity contribution is 5.71. The fraction of sp³-hybridized carbons (Fsp3) is 0.889. The number of likely N-dealkylation sites (N-methyl/N-ethyl adjacent to an activating group) is 1. The lowest BCUT2D eigenvalue weighted by molar-refractivity contribution is 0.106. The molecule has 0 spiro atoms. The van der Waals surface area contributed by atoms with E-state index in [4.69, 9.17) is 10.5 Å². The quantitative estimate of drug-likeness (QED) is 0.501. The van der Waals surface area contributed by atoms with Crippen LogP contribution in [0.1, 0.15) is 19.8 Å². The number of rotatable bonds is 2. The van der Waals surface area contributed by atoms with Gasteiger partial charge in [-0.05, 0) is 33.4 Å². The fourth-order valence-corrected chi connectivity index (χ4v) is 1.63. The van der Waals surface area contributed by atoms with Gasteiger partial charge in [-0.1, -0.05) is 0 Å². The number of likely N-dealkylation sites (tertiary alicyclic amines) is 1. The van der Waals surface area contributed by atoms with Crippen molar-refractivity contribution < 1.29 is 4.74 Å². The molecule has 0 saturated carbocycles. The summed E-state index contributed by atoms with van der Waals surface area (Å²) in [5, 5.41) is 0. The summed E-state index contributed by atoms with van der Waals surface area (Å²) in [4.78, 5) is 6.07. The van der Waals surface area contributed by atoms with Gasteiger partial charge in [-0.25, -0.2) is 4.99 Å². The molecule has 76 valence electrons. The normalized spacial score (nSPS) is 30.8. The van der Waals surface area contributed by atoms with Crippen LogP contribution in [0.2, 0.25) is 0 Å². The smallest absolute Gasteiger partial charge is 0.281 e. The van der Waals surface area contributed by atoms with Gasteiger partial charge >= 0.3 is 0 Å². The topological polar surface area (TPSA) is 50.9 Å². The summed E-state index contributed by atoms with van der Waals surface area (Å²) in [6.45, 7) is 3.97. The molecule has 1 saturated heterocycles. The van der Waals surface area contributed by atoms with Crippen molar-refractivity contribution in [2.45, 2.75) is 25.3 Å². The van der Waals surface area contributed by atoms with E-state index < -0.39 is 0 Å². The lowest BCUT2D eigenvalue weighted by Crippen LogP contribution is -2.43. The number of nitrogens with zero attached hydrogens (tertiary/aromatic N) is 2. The van der Waals surface area contributed by atoms with Crippen molar-refractivity contribution in [1.82, 2.24) is 4.90 Å². The van der Waals surface area contributed by atoms with Crippen LogP contribution in [-0.4, -0.2) is 43.7 Å². The van der Waals surface area contributed by atoms with Gasteiger partial charge in [-0.15, -0.1) is 0 Å². The zero-order valence-corrected chi connectivity index (χ0v) is 8.71. The third kappa shape index (κ3) is 2.34. The zero-order valence-electron chi connectivity index (χ0n) is 8.71. The van der Waals surface area contributed by atoms with Crippen LogP contribution in [-0.2, 0) is 4.74 Å². The monoisotopic (exact) mass is 185 g/mol. The Balaban J connectivity index is 2.43. The molecule has 1 fully saturated rings. The Bertz CT molecular complexity index is 205. The maximum Gasteiger partial charge on any atom is 0.281 e. The van der Waals surface area contributed by atoms with Gasteiger partial charge in [-0.3, -0.25) is 4.90 Å². The molecule has 2 N–H and O–H groups in total. The molecule has 1 atom stereocenters. The van der Waals surface area contributed by atoms with Gasteiger partial charge in [0.15, 0.2) is 0 Å². The van der Waals surface area contributed by atoms with E-state index in [1.807, 2.05) is 0 Å². The van der Waals surface area contributed by atoms with Gasteiger partial charge in [0, 0.05) is 7.05 Å². The van der Waals surface area contributed by atoms with Crippen molar-refractivity contribution in [3.05, 3.63) is 0 Å². The fourth-order valence-electron chi connectivity index (χ4n) is 1.63. The van der Waals surface area contributed by atoms with Gasteiger partial charge in [0.05, 0.1) is 5.54 Å². The molecule has 0 unspecified atom stereocenters. The predicted octanol–water partition coefficient (Wildman–Crippen LogP) is 0.432. The van der Waals surface area contributed by atoms with E-state index in [-0.39, 0.29) is 11.6 Å². The number of hydrogen-bond donors (Lipinski definition) is 1. The maximum atomic E-state index is 5.46. The van der Waals surface area contributed by atoms with Crippen LogP contribution < -0.4 is 5.73 Å². The second-order valence-electron chi connectivity index (χ2n) is 3.87. The highest BCUT2D eigenvalue weighted by Gasteiger charge is 2.34. The second kappa shape index (κ2) is 3.96.